The van der Waals surface area contributed by atoms with Crippen LogP contribution >= 0.6 is 11.8 Å². The highest BCUT2D eigenvalue weighted by molar-refractivity contribution is 8.15. The maximum atomic E-state index is 13.4. The van der Waals surface area contributed by atoms with Gasteiger partial charge in [0.15, 0.2) is 16.7 Å². The molecule has 9 nitrogen and oxygen atoms in total. The van der Waals surface area contributed by atoms with Crippen molar-refractivity contribution in [3.8, 4) is 11.5 Å². The van der Waals surface area contributed by atoms with E-state index < -0.39 is 11.2 Å². The zero-order chi connectivity index (χ0) is 27.8. The molecule has 3 aromatic rings. The number of carbonyl (C=O) groups is 3. The van der Waals surface area contributed by atoms with E-state index in [9.17, 15) is 14.4 Å². The highest BCUT2D eigenvalue weighted by Gasteiger charge is 2.36. The van der Waals surface area contributed by atoms with Crippen molar-refractivity contribution in [2.75, 3.05) is 26.1 Å². The Morgan fingerprint density at radius 2 is 1.72 bits per heavy atom. The van der Waals surface area contributed by atoms with Crippen LogP contribution < -0.4 is 14.8 Å². The highest BCUT2D eigenvalue weighted by Crippen LogP contribution is 2.33. The Kier molecular flexibility index (Phi) is 9.22. The maximum Gasteiger partial charge on any atom is 0.338 e. The topological polar surface area (TPSA) is 107 Å². The lowest BCUT2D eigenvalue weighted by atomic mass is 10.1. The van der Waals surface area contributed by atoms with Crippen LogP contribution in [0.25, 0.3) is 0 Å². The van der Waals surface area contributed by atoms with Gasteiger partial charge in [-0.2, -0.15) is 0 Å². The summed E-state index contributed by atoms with van der Waals surface area (Å²) in [5, 5.41) is 2.57. The maximum absolute atomic E-state index is 13.4. The van der Waals surface area contributed by atoms with Gasteiger partial charge in [-0.15, -0.1) is 0 Å². The molecule has 1 N–H and O–H groups in total. The summed E-state index contributed by atoms with van der Waals surface area (Å²) < 4.78 is 15.7. The van der Waals surface area contributed by atoms with Crippen molar-refractivity contribution in [3.63, 3.8) is 0 Å². The molecular formula is C29H29N3O6S. The van der Waals surface area contributed by atoms with E-state index in [-0.39, 0.29) is 31.4 Å². The summed E-state index contributed by atoms with van der Waals surface area (Å²) >= 11 is 1.23. The van der Waals surface area contributed by atoms with Gasteiger partial charge in [0, 0.05) is 12.1 Å². The number of nitrogens with one attached hydrogen (secondary N) is 1. The van der Waals surface area contributed by atoms with Crippen LogP contribution in [-0.2, 0) is 20.9 Å². The van der Waals surface area contributed by atoms with Crippen LogP contribution in [0.2, 0.25) is 0 Å². The zero-order valence-corrected chi connectivity index (χ0v) is 22.7. The summed E-state index contributed by atoms with van der Waals surface area (Å²) in [5.74, 6) is 0.158. The first-order valence-electron chi connectivity index (χ1n) is 12.3. The Morgan fingerprint density at radius 3 is 2.38 bits per heavy atom. The predicted molar refractivity (Wildman–Crippen MR) is 151 cm³/mol. The number of carbonyl (C=O) groups excluding carboxylic acids is 3. The van der Waals surface area contributed by atoms with E-state index in [1.807, 2.05) is 42.5 Å². The van der Waals surface area contributed by atoms with Crippen LogP contribution in [0.1, 0.15) is 29.3 Å². The molecule has 0 spiro atoms. The highest BCUT2D eigenvalue weighted by atomic mass is 32.2. The van der Waals surface area contributed by atoms with Crippen molar-refractivity contribution in [1.82, 2.24) is 4.90 Å². The first-order valence-corrected chi connectivity index (χ1v) is 13.2. The number of amides is 2. The Labute approximate surface area is 231 Å². The molecule has 1 saturated heterocycles. The molecule has 4 rings (SSSR count). The number of benzene rings is 3. The second kappa shape index (κ2) is 13.0. The lowest BCUT2D eigenvalue weighted by Gasteiger charge is -2.32. The Morgan fingerprint density at radius 1 is 1.00 bits per heavy atom. The molecule has 1 aliphatic heterocycles. The lowest BCUT2D eigenvalue weighted by molar-refractivity contribution is -0.129. The predicted octanol–water partition coefficient (Wildman–Crippen LogP) is 5.04. The van der Waals surface area contributed by atoms with Crippen molar-refractivity contribution in [2.45, 2.75) is 25.1 Å². The van der Waals surface area contributed by atoms with E-state index in [0.717, 1.165) is 5.56 Å². The zero-order valence-electron chi connectivity index (χ0n) is 21.9. The number of amidine groups is 1. The van der Waals surface area contributed by atoms with Crippen molar-refractivity contribution in [3.05, 3.63) is 83.9 Å². The minimum Gasteiger partial charge on any atom is -0.493 e. The summed E-state index contributed by atoms with van der Waals surface area (Å²) in [7, 11) is 3.12. The number of aliphatic imine (C=N–C) groups is 1. The Hall–Kier alpha value is -4.31. The number of hydrogen-bond acceptors (Lipinski definition) is 8. The molecule has 0 aliphatic carbocycles. The van der Waals surface area contributed by atoms with Gasteiger partial charge < -0.3 is 19.5 Å². The van der Waals surface area contributed by atoms with E-state index in [2.05, 4.69) is 5.32 Å². The van der Waals surface area contributed by atoms with Crippen molar-refractivity contribution in [1.29, 1.82) is 0 Å². The molecule has 10 heteroatoms. The van der Waals surface area contributed by atoms with Gasteiger partial charge in [-0.1, -0.05) is 36.0 Å². The van der Waals surface area contributed by atoms with Crippen LogP contribution in [0, 0.1) is 0 Å². The average molecular weight is 548 g/mol. The number of thioether (sulfide) groups is 1. The van der Waals surface area contributed by atoms with Gasteiger partial charge in [0.25, 0.3) is 0 Å². The number of ether oxygens (including phenoxy) is 3. The summed E-state index contributed by atoms with van der Waals surface area (Å²) in [6.07, 6.45) is -0.00148. The number of esters is 1. The van der Waals surface area contributed by atoms with Crippen LogP contribution in [0.3, 0.4) is 0 Å². The Balaban J connectivity index is 1.54. The molecule has 3 aromatic carbocycles. The normalized spacial score (nSPS) is 16.1. The largest absolute Gasteiger partial charge is 0.493 e. The number of anilines is 1. The number of nitrogens with zero attached hydrogens (tertiary/aromatic N) is 2. The minimum atomic E-state index is -0.689. The van der Waals surface area contributed by atoms with E-state index >= 15 is 0 Å². The number of methoxy groups -OCH3 is 2. The van der Waals surface area contributed by atoms with Crippen LogP contribution in [0.4, 0.5) is 11.4 Å². The third kappa shape index (κ3) is 6.97. The molecule has 0 bridgehead atoms. The first-order chi connectivity index (χ1) is 18.9. The van der Waals surface area contributed by atoms with Gasteiger partial charge in [-0.3, -0.25) is 14.5 Å². The summed E-state index contributed by atoms with van der Waals surface area (Å²) in [6.45, 7) is 2.27. The average Bonchev–Trinajstić information content (AvgIpc) is 2.95. The van der Waals surface area contributed by atoms with Crippen LogP contribution in [-0.4, -0.2) is 53.9 Å². The third-order valence-electron chi connectivity index (χ3n) is 5.87. The summed E-state index contributed by atoms with van der Waals surface area (Å²) in [4.78, 5) is 44.7. The molecule has 0 aromatic heterocycles. The van der Waals surface area contributed by atoms with Gasteiger partial charge in [0.1, 0.15) is 5.25 Å². The molecule has 1 fully saturated rings. The second-order valence-corrected chi connectivity index (χ2v) is 9.67. The fourth-order valence-electron chi connectivity index (χ4n) is 3.90. The molecule has 0 radical (unpaired) electrons. The van der Waals surface area contributed by atoms with E-state index in [1.165, 1.54) is 11.8 Å². The third-order valence-corrected chi connectivity index (χ3v) is 7.05. The fourth-order valence-corrected chi connectivity index (χ4v) is 5.00. The summed E-state index contributed by atoms with van der Waals surface area (Å²) in [5.41, 5.74) is 2.39. The standard InChI is InChI=1S/C29H29N3O6S/c1-4-38-28(35)20-11-13-22(14-12-20)30-27(34)25-17-26(33)32(29(39-25)31-21-8-6-5-7-9-21)18-19-10-15-23(36-2)24(16-19)37-3/h5-16,25H,4,17-18H2,1-3H3,(H,30,34). The first kappa shape index (κ1) is 27.7. The van der Waals surface area contributed by atoms with E-state index in [4.69, 9.17) is 19.2 Å². The molecule has 1 heterocycles. The van der Waals surface area contributed by atoms with Crippen molar-refractivity contribution < 1.29 is 28.6 Å². The smallest absolute Gasteiger partial charge is 0.338 e. The molecule has 2 amide bonds. The van der Waals surface area contributed by atoms with Crippen molar-refractivity contribution in [2.24, 2.45) is 4.99 Å². The quantitative estimate of drug-likeness (QED) is 0.374. The molecule has 1 aliphatic rings. The van der Waals surface area contributed by atoms with Crippen LogP contribution in [0.15, 0.2) is 77.8 Å². The van der Waals surface area contributed by atoms with Gasteiger partial charge >= 0.3 is 5.97 Å². The van der Waals surface area contributed by atoms with Crippen molar-refractivity contribution >= 4 is 46.1 Å². The molecule has 202 valence electrons. The van der Waals surface area contributed by atoms with Gasteiger partial charge in [-0.25, -0.2) is 9.79 Å². The molecule has 0 saturated carbocycles. The SMILES string of the molecule is CCOC(=O)c1ccc(NC(=O)C2CC(=O)N(Cc3ccc(OC)c(OC)c3)C(=Nc3ccccc3)S2)cc1. The molecule has 1 unspecified atom stereocenters. The number of hydrogen-bond donors (Lipinski definition) is 1. The minimum absolute atomic E-state index is 0.00148. The van der Waals surface area contributed by atoms with Crippen LogP contribution in [0.5, 0.6) is 11.5 Å². The number of para-hydroxylation sites is 1. The molecule has 1 atom stereocenters. The van der Waals surface area contributed by atoms with E-state index in [0.29, 0.717) is 33.6 Å². The monoisotopic (exact) mass is 547 g/mol. The second-order valence-electron chi connectivity index (χ2n) is 8.50. The lowest BCUT2D eigenvalue weighted by Crippen LogP contribution is -2.44. The molecular weight excluding hydrogens is 518 g/mol. The van der Waals surface area contributed by atoms with E-state index in [1.54, 1.807) is 56.4 Å². The summed E-state index contributed by atoms with van der Waals surface area (Å²) in [6, 6.07) is 21.1. The fraction of sp³-hybridized carbons (Fsp3) is 0.241. The van der Waals surface area contributed by atoms with Gasteiger partial charge in [-0.05, 0) is 61.0 Å². The Bertz CT molecular complexity index is 1360. The van der Waals surface area contributed by atoms with Gasteiger partial charge in [0.05, 0.1) is 38.6 Å². The number of rotatable bonds is 9. The molecule has 39 heavy (non-hydrogen) atoms. The van der Waals surface area contributed by atoms with Gasteiger partial charge in [0.2, 0.25) is 11.8 Å².